The summed E-state index contributed by atoms with van der Waals surface area (Å²) in [5, 5.41) is 0. The molecule has 1 aromatic heterocycles. The predicted octanol–water partition coefficient (Wildman–Crippen LogP) is 2.06. The minimum absolute atomic E-state index is 0.135. The maximum atomic E-state index is 12.6. The van der Waals surface area contributed by atoms with Crippen molar-refractivity contribution in [3.63, 3.8) is 0 Å². The Morgan fingerprint density at radius 2 is 2.05 bits per heavy atom. The molecule has 0 aromatic carbocycles. The van der Waals surface area contributed by atoms with E-state index in [0.717, 1.165) is 12.8 Å². The van der Waals surface area contributed by atoms with Crippen molar-refractivity contribution in [3.8, 4) is 0 Å². The molecule has 0 radical (unpaired) electrons. The van der Waals surface area contributed by atoms with Crippen molar-refractivity contribution in [3.05, 3.63) is 23.2 Å². The highest BCUT2D eigenvalue weighted by Gasteiger charge is 2.40. The van der Waals surface area contributed by atoms with Crippen molar-refractivity contribution in [1.82, 2.24) is 4.90 Å². The van der Waals surface area contributed by atoms with E-state index in [9.17, 15) is 9.59 Å². The molecule has 2 rings (SSSR count). The molecule has 1 fully saturated rings. The van der Waals surface area contributed by atoms with Crippen LogP contribution in [0.2, 0.25) is 0 Å². The standard InChI is InChI=1S/C14H19NO4/c1-8-7-12(10(3)19-8)13(16)15(11-5-6-11)9(2)14(17)18-4/h7,9,11H,5-6H2,1-4H3/t9-/m1/s1. The number of furan rings is 1. The zero-order valence-corrected chi connectivity index (χ0v) is 11.7. The molecule has 19 heavy (non-hydrogen) atoms. The largest absolute Gasteiger partial charge is 0.467 e. The number of hydrogen-bond donors (Lipinski definition) is 0. The van der Waals surface area contributed by atoms with Gasteiger partial charge in [-0.15, -0.1) is 0 Å². The highest BCUT2D eigenvalue weighted by Crippen LogP contribution is 2.31. The Balaban J connectivity index is 2.27. The molecule has 5 nitrogen and oxygen atoms in total. The SMILES string of the molecule is COC(=O)[C@@H](C)N(C(=O)c1cc(C)oc1C)C1CC1. The quantitative estimate of drug-likeness (QED) is 0.782. The van der Waals surface area contributed by atoms with Crippen LogP contribution in [0.1, 0.15) is 41.6 Å². The Morgan fingerprint density at radius 1 is 1.42 bits per heavy atom. The van der Waals surface area contributed by atoms with Crippen LogP contribution in [-0.2, 0) is 9.53 Å². The summed E-state index contributed by atoms with van der Waals surface area (Å²) in [4.78, 5) is 25.9. The minimum Gasteiger partial charge on any atom is -0.467 e. The summed E-state index contributed by atoms with van der Waals surface area (Å²) in [5.41, 5.74) is 0.528. The fourth-order valence-electron chi connectivity index (χ4n) is 2.28. The summed E-state index contributed by atoms with van der Waals surface area (Å²) in [6, 6.07) is 1.28. The van der Waals surface area contributed by atoms with Gasteiger partial charge in [-0.1, -0.05) is 0 Å². The molecule has 1 aliphatic rings. The van der Waals surface area contributed by atoms with Crippen molar-refractivity contribution < 1.29 is 18.7 Å². The minimum atomic E-state index is -0.570. The van der Waals surface area contributed by atoms with E-state index in [2.05, 4.69) is 0 Å². The van der Waals surface area contributed by atoms with Gasteiger partial charge in [-0.2, -0.15) is 0 Å². The number of hydrogen-bond acceptors (Lipinski definition) is 4. The third-order valence-corrected chi connectivity index (χ3v) is 3.41. The lowest BCUT2D eigenvalue weighted by atomic mass is 10.1. The highest BCUT2D eigenvalue weighted by molar-refractivity contribution is 5.98. The topological polar surface area (TPSA) is 59.8 Å². The van der Waals surface area contributed by atoms with Gasteiger partial charge in [0, 0.05) is 6.04 Å². The van der Waals surface area contributed by atoms with E-state index >= 15 is 0 Å². The summed E-state index contributed by atoms with van der Waals surface area (Å²) in [5.74, 6) is 0.736. The first-order valence-corrected chi connectivity index (χ1v) is 6.43. The maximum Gasteiger partial charge on any atom is 0.328 e. The molecule has 0 saturated heterocycles. The van der Waals surface area contributed by atoms with Crippen LogP contribution in [0.3, 0.4) is 0 Å². The molecule has 0 aliphatic heterocycles. The zero-order valence-electron chi connectivity index (χ0n) is 11.7. The predicted molar refractivity (Wildman–Crippen MR) is 68.9 cm³/mol. The first-order chi connectivity index (χ1) is 8.95. The number of amides is 1. The molecule has 1 atom stereocenters. The molecule has 1 aliphatic carbocycles. The Kier molecular flexibility index (Phi) is 3.64. The number of ether oxygens (including phenoxy) is 1. The van der Waals surface area contributed by atoms with E-state index in [1.807, 2.05) is 0 Å². The molecule has 0 N–H and O–H groups in total. The van der Waals surface area contributed by atoms with Crippen LogP contribution < -0.4 is 0 Å². The third-order valence-electron chi connectivity index (χ3n) is 3.41. The number of rotatable bonds is 4. The monoisotopic (exact) mass is 265 g/mol. The molecular weight excluding hydrogens is 246 g/mol. The number of nitrogens with zero attached hydrogens (tertiary/aromatic N) is 1. The summed E-state index contributed by atoms with van der Waals surface area (Å²) in [6.07, 6.45) is 1.87. The maximum absolute atomic E-state index is 12.6. The van der Waals surface area contributed by atoms with Crippen LogP contribution >= 0.6 is 0 Å². The van der Waals surface area contributed by atoms with Crippen LogP contribution in [0.5, 0.6) is 0 Å². The summed E-state index contributed by atoms with van der Waals surface area (Å²) >= 11 is 0. The van der Waals surface area contributed by atoms with Gasteiger partial charge in [0.05, 0.1) is 12.7 Å². The lowest BCUT2D eigenvalue weighted by Crippen LogP contribution is -2.45. The first kappa shape index (κ1) is 13.6. The molecule has 0 unspecified atom stereocenters. The van der Waals surface area contributed by atoms with E-state index in [4.69, 9.17) is 9.15 Å². The molecule has 104 valence electrons. The second-order valence-corrected chi connectivity index (χ2v) is 4.97. The van der Waals surface area contributed by atoms with Crippen molar-refractivity contribution in [2.75, 3.05) is 7.11 Å². The van der Waals surface area contributed by atoms with Crippen molar-refractivity contribution in [2.24, 2.45) is 0 Å². The zero-order chi connectivity index (χ0) is 14.2. The molecule has 0 bridgehead atoms. The Bertz CT molecular complexity index is 502. The normalized spacial score (nSPS) is 16.0. The molecule has 5 heteroatoms. The Hall–Kier alpha value is -1.78. The van der Waals surface area contributed by atoms with Gasteiger partial charge in [0.15, 0.2) is 0 Å². The van der Waals surface area contributed by atoms with Gasteiger partial charge in [-0.25, -0.2) is 4.79 Å². The van der Waals surface area contributed by atoms with Crippen LogP contribution in [0.15, 0.2) is 10.5 Å². The first-order valence-electron chi connectivity index (χ1n) is 6.43. The lowest BCUT2D eigenvalue weighted by molar-refractivity contribution is -0.145. The Morgan fingerprint density at radius 3 is 2.47 bits per heavy atom. The van der Waals surface area contributed by atoms with Gasteiger partial charge in [0.1, 0.15) is 17.6 Å². The van der Waals surface area contributed by atoms with E-state index in [0.29, 0.717) is 17.1 Å². The lowest BCUT2D eigenvalue weighted by Gasteiger charge is -2.27. The van der Waals surface area contributed by atoms with Crippen LogP contribution in [0.25, 0.3) is 0 Å². The number of carbonyl (C=O) groups excluding carboxylic acids is 2. The molecule has 0 spiro atoms. The van der Waals surface area contributed by atoms with E-state index < -0.39 is 12.0 Å². The Labute approximate surface area is 112 Å². The molecule has 1 amide bonds. The molecule has 1 aromatic rings. The van der Waals surface area contributed by atoms with E-state index in [-0.39, 0.29) is 11.9 Å². The fourth-order valence-corrected chi connectivity index (χ4v) is 2.28. The summed E-state index contributed by atoms with van der Waals surface area (Å²) in [7, 11) is 1.33. The highest BCUT2D eigenvalue weighted by atomic mass is 16.5. The van der Waals surface area contributed by atoms with Gasteiger partial charge < -0.3 is 14.1 Å². The van der Waals surface area contributed by atoms with E-state index in [1.165, 1.54) is 7.11 Å². The molecule has 1 saturated carbocycles. The summed E-state index contributed by atoms with van der Waals surface area (Å²) < 4.78 is 10.1. The van der Waals surface area contributed by atoms with Gasteiger partial charge in [-0.05, 0) is 39.7 Å². The van der Waals surface area contributed by atoms with E-state index in [1.54, 1.807) is 31.7 Å². The van der Waals surface area contributed by atoms with Gasteiger partial charge >= 0.3 is 5.97 Å². The number of carbonyl (C=O) groups is 2. The average molecular weight is 265 g/mol. The fraction of sp³-hybridized carbons (Fsp3) is 0.571. The number of esters is 1. The van der Waals surface area contributed by atoms with Crippen LogP contribution in [0, 0.1) is 13.8 Å². The number of aryl methyl sites for hydroxylation is 2. The van der Waals surface area contributed by atoms with Crippen LogP contribution in [-0.4, -0.2) is 36.0 Å². The van der Waals surface area contributed by atoms with Crippen molar-refractivity contribution in [1.29, 1.82) is 0 Å². The van der Waals surface area contributed by atoms with Crippen molar-refractivity contribution >= 4 is 11.9 Å². The van der Waals surface area contributed by atoms with Crippen molar-refractivity contribution in [2.45, 2.75) is 45.7 Å². The van der Waals surface area contributed by atoms with Crippen LogP contribution in [0.4, 0.5) is 0 Å². The molecule has 1 heterocycles. The average Bonchev–Trinajstić information content (AvgIpc) is 3.13. The van der Waals surface area contributed by atoms with Gasteiger partial charge in [-0.3, -0.25) is 4.79 Å². The second-order valence-electron chi connectivity index (χ2n) is 4.97. The molecular formula is C14H19NO4. The smallest absolute Gasteiger partial charge is 0.328 e. The third kappa shape index (κ3) is 2.64. The van der Waals surface area contributed by atoms with Gasteiger partial charge in [0.25, 0.3) is 5.91 Å². The summed E-state index contributed by atoms with van der Waals surface area (Å²) in [6.45, 7) is 5.26. The number of methoxy groups -OCH3 is 1. The second kappa shape index (κ2) is 5.07. The van der Waals surface area contributed by atoms with Gasteiger partial charge in [0.2, 0.25) is 0 Å².